The molecule has 134 valence electrons. The molecule has 0 atom stereocenters. The van der Waals surface area contributed by atoms with Crippen LogP contribution in [-0.2, 0) is 13.0 Å². The van der Waals surface area contributed by atoms with Crippen LogP contribution in [0.4, 0.5) is 0 Å². The first-order valence-electron chi connectivity index (χ1n) is 9.90. The zero-order valence-electron chi connectivity index (χ0n) is 16.1. The highest BCUT2D eigenvalue weighted by atomic mass is 15.4. The van der Waals surface area contributed by atoms with Crippen molar-refractivity contribution in [2.75, 3.05) is 0 Å². The van der Waals surface area contributed by atoms with Gasteiger partial charge in [0.05, 0.1) is 5.69 Å². The van der Waals surface area contributed by atoms with Crippen molar-refractivity contribution >= 4 is 0 Å². The third-order valence-electron chi connectivity index (χ3n) is 4.44. The van der Waals surface area contributed by atoms with Gasteiger partial charge in [-0.05, 0) is 31.1 Å². The molecule has 0 saturated heterocycles. The van der Waals surface area contributed by atoms with E-state index >= 15 is 0 Å². The molecule has 1 rings (SSSR count). The van der Waals surface area contributed by atoms with E-state index in [1.165, 1.54) is 76.3 Å². The SMILES string of the molecule is CCCCCCCc1cn(CCCCCCCC(C)(C)C)nn1. The van der Waals surface area contributed by atoms with Crippen molar-refractivity contribution in [3.8, 4) is 0 Å². The van der Waals surface area contributed by atoms with Crippen LogP contribution in [-0.4, -0.2) is 15.0 Å². The van der Waals surface area contributed by atoms with Gasteiger partial charge in [-0.2, -0.15) is 0 Å². The molecule has 3 nitrogen and oxygen atoms in total. The third-order valence-corrected chi connectivity index (χ3v) is 4.44. The van der Waals surface area contributed by atoms with Crippen molar-refractivity contribution < 1.29 is 0 Å². The lowest BCUT2D eigenvalue weighted by Crippen LogP contribution is -2.04. The van der Waals surface area contributed by atoms with Crippen LogP contribution in [0.3, 0.4) is 0 Å². The second kappa shape index (κ2) is 11.6. The van der Waals surface area contributed by atoms with Gasteiger partial charge in [0.25, 0.3) is 0 Å². The number of rotatable bonds is 13. The Bertz CT molecular complexity index is 390. The fourth-order valence-electron chi connectivity index (χ4n) is 2.93. The molecule has 0 radical (unpaired) electrons. The average molecular weight is 322 g/mol. The molecule has 0 spiro atoms. The molecule has 0 unspecified atom stereocenters. The molecule has 3 heteroatoms. The Labute approximate surface area is 144 Å². The molecule has 0 aliphatic heterocycles. The van der Waals surface area contributed by atoms with Crippen molar-refractivity contribution in [2.45, 2.75) is 111 Å². The van der Waals surface area contributed by atoms with Gasteiger partial charge in [0.15, 0.2) is 0 Å². The Morgan fingerprint density at radius 2 is 1.52 bits per heavy atom. The zero-order chi connectivity index (χ0) is 17.0. The van der Waals surface area contributed by atoms with Gasteiger partial charge < -0.3 is 0 Å². The summed E-state index contributed by atoms with van der Waals surface area (Å²) in [5.74, 6) is 0. The van der Waals surface area contributed by atoms with E-state index in [0.29, 0.717) is 5.41 Å². The van der Waals surface area contributed by atoms with Gasteiger partial charge in [0.1, 0.15) is 0 Å². The first-order chi connectivity index (χ1) is 11.0. The van der Waals surface area contributed by atoms with E-state index in [2.05, 4.69) is 44.2 Å². The summed E-state index contributed by atoms with van der Waals surface area (Å²) in [6.45, 7) is 10.3. The van der Waals surface area contributed by atoms with Crippen LogP contribution in [0.25, 0.3) is 0 Å². The van der Waals surface area contributed by atoms with Gasteiger partial charge in [-0.15, -0.1) is 5.10 Å². The van der Waals surface area contributed by atoms with Crippen LogP contribution < -0.4 is 0 Å². The van der Waals surface area contributed by atoms with E-state index in [1.807, 2.05) is 4.68 Å². The van der Waals surface area contributed by atoms with Crippen LogP contribution >= 0.6 is 0 Å². The van der Waals surface area contributed by atoms with E-state index in [4.69, 9.17) is 0 Å². The molecule has 0 saturated carbocycles. The fraction of sp³-hybridized carbons (Fsp3) is 0.900. The van der Waals surface area contributed by atoms with Gasteiger partial charge in [-0.25, -0.2) is 0 Å². The monoisotopic (exact) mass is 321 g/mol. The maximum Gasteiger partial charge on any atom is 0.0827 e. The van der Waals surface area contributed by atoms with Gasteiger partial charge in [-0.3, -0.25) is 4.68 Å². The van der Waals surface area contributed by atoms with Crippen molar-refractivity contribution in [3.63, 3.8) is 0 Å². The Balaban J connectivity index is 2.01. The minimum Gasteiger partial charge on any atom is -0.252 e. The van der Waals surface area contributed by atoms with Crippen molar-refractivity contribution in [2.24, 2.45) is 5.41 Å². The highest BCUT2D eigenvalue weighted by Crippen LogP contribution is 2.22. The lowest BCUT2D eigenvalue weighted by Gasteiger charge is -2.17. The molecule has 0 aromatic carbocycles. The Morgan fingerprint density at radius 1 is 0.870 bits per heavy atom. The van der Waals surface area contributed by atoms with Crippen molar-refractivity contribution in [3.05, 3.63) is 11.9 Å². The molecule has 0 fully saturated rings. The molecule has 0 bridgehead atoms. The molecule has 0 aliphatic carbocycles. The van der Waals surface area contributed by atoms with Gasteiger partial charge in [-0.1, -0.05) is 84.3 Å². The summed E-state index contributed by atoms with van der Waals surface area (Å²) >= 11 is 0. The second-order valence-corrected chi connectivity index (χ2v) is 8.22. The van der Waals surface area contributed by atoms with E-state index in [1.54, 1.807) is 0 Å². The number of unbranched alkanes of at least 4 members (excludes halogenated alkanes) is 8. The van der Waals surface area contributed by atoms with Crippen LogP contribution in [0.1, 0.15) is 104 Å². The molecular weight excluding hydrogens is 282 g/mol. The van der Waals surface area contributed by atoms with E-state index in [0.717, 1.165) is 13.0 Å². The quantitative estimate of drug-likeness (QED) is 0.406. The summed E-state index contributed by atoms with van der Waals surface area (Å²) < 4.78 is 2.04. The number of hydrogen-bond acceptors (Lipinski definition) is 2. The zero-order valence-corrected chi connectivity index (χ0v) is 16.1. The average Bonchev–Trinajstić information content (AvgIpc) is 2.93. The predicted molar refractivity (Wildman–Crippen MR) is 99.6 cm³/mol. The lowest BCUT2D eigenvalue weighted by molar-refractivity contribution is 0.356. The second-order valence-electron chi connectivity index (χ2n) is 8.22. The molecule has 1 aromatic heterocycles. The summed E-state index contributed by atoms with van der Waals surface area (Å²) in [7, 11) is 0. The predicted octanol–water partition coefficient (Wildman–Crippen LogP) is 6.18. The number of aromatic nitrogens is 3. The third kappa shape index (κ3) is 11.3. The lowest BCUT2D eigenvalue weighted by atomic mass is 9.89. The van der Waals surface area contributed by atoms with Crippen LogP contribution in [0.15, 0.2) is 6.20 Å². The highest BCUT2D eigenvalue weighted by molar-refractivity contribution is 4.92. The normalized spacial score (nSPS) is 12.0. The standard InChI is InChI=1S/C20H39N3/c1-5-6-7-9-12-15-19-18-23(22-21-19)17-14-11-8-10-13-16-20(2,3)4/h18H,5-17H2,1-4H3. The number of aryl methyl sites for hydroxylation is 2. The summed E-state index contributed by atoms with van der Waals surface area (Å²) in [4.78, 5) is 0. The summed E-state index contributed by atoms with van der Waals surface area (Å²) in [5.41, 5.74) is 1.67. The van der Waals surface area contributed by atoms with Crippen molar-refractivity contribution in [1.82, 2.24) is 15.0 Å². The minimum atomic E-state index is 0.494. The molecule has 1 heterocycles. The molecule has 0 N–H and O–H groups in total. The van der Waals surface area contributed by atoms with E-state index in [-0.39, 0.29) is 0 Å². The Morgan fingerprint density at radius 3 is 2.26 bits per heavy atom. The summed E-state index contributed by atoms with van der Waals surface area (Å²) in [6, 6.07) is 0. The summed E-state index contributed by atoms with van der Waals surface area (Å²) in [5, 5.41) is 8.57. The van der Waals surface area contributed by atoms with E-state index < -0.39 is 0 Å². The molecule has 23 heavy (non-hydrogen) atoms. The van der Waals surface area contributed by atoms with Crippen LogP contribution in [0.5, 0.6) is 0 Å². The number of hydrogen-bond donors (Lipinski definition) is 0. The molecule has 1 aromatic rings. The Kier molecular flexibility index (Phi) is 10.2. The van der Waals surface area contributed by atoms with Gasteiger partial charge in [0, 0.05) is 12.7 Å². The van der Waals surface area contributed by atoms with Crippen LogP contribution in [0.2, 0.25) is 0 Å². The van der Waals surface area contributed by atoms with Gasteiger partial charge in [0.2, 0.25) is 0 Å². The highest BCUT2D eigenvalue weighted by Gasteiger charge is 2.08. The molecular formula is C20H39N3. The number of nitrogens with zero attached hydrogens (tertiary/aromatic N) is 3. The first-order valence-corrected chi connectivity index (χ1v) is 9.90. The molecule has 0 amide bonds. The molecule has 0 aliphatic rings. The first kappa shape index (κ1) is 20.2. The summed E-state index contributed by atoms with van der Waals surface area (Å²) in [6.07, 6.45) is 17.9. The van der Waals surface area contributed by atoms with E-state index in [9.17, 15) is 0 Å². The van der Waals surface area contributed by atoms with Gasteiger partial charge >= 0.3 is 0 Å². The topological polar surface area (TPSA) is 30.7 Å². The maximum absolute atomic E-state index is 4.30. The minimum absolute atomic E-state index is 0.494. The fourth-order valence-corrected chi connectivity index (χ4v) is 2.93. The maximum atomic E-state index is 4.30. The van der Waals surface area contributed by atoms with Crippen LogP contribution in [0, 0.1) is 5.41 Å². The smallest absolute Gasteiger partial charge is 0.0827 e. The van der Waals surface area contributed by atoms with Crippen molar-refractivity contribution in [1.29, 1.82) is 0 Å². The Hall–Kier alpha value is -0.860. The largest absolute Gasteiger partial charge is 0.252 e.